The van der Waals surface area contributed by atoms with Crippen molar-refractivity contribution >= 4 is 22.8 Å². The Labute approximate surface area is 119 Å². The van der Waals surface area contributed by atoms with Crippen LogP contribution >= 0.6 is 11.8 Å². The summed E-state index contributed by atoms with van der Waals surface area (Å²) in [5, 5.41) is 0.405. The zero-order valence-corrected chi connectivity index (χ0v) is 12.5. The lowest BCUT2D eigenvalue weighted by Crippen LogP contribution is -2.38. The highest BCUT2D eigenvalue weighted by Gasteiger charge is 2.45. The quantitative estimate of drug-likeness (QED) is 0.743. The summed E-state index contributed by atoms with van der Waals surface area (Å²) in [6, 6.07) is 0. The molecule has 3 aliphatic rings. The standard InChI is InChI=1S/C7H10N2O2S.C7H14/c8-6-9-5(10)7(12-6)1-3-11-4-2-7;1-7-5-3-2-4-6-7/h1-4H2,(H2,8,9,10);7H,2-6H2,1H3. The van der Waals surface area contributed by atoms with Gasteiger partial charge in [-0.25, -0.2) is 0 Å². The van der Waals surface area contributed by atoms with Crippen molar-refractivity contribution in [3.63, 3.8) is 0 Å². The van der Waals surface area contributed by atoms with Gasteiger partial charge in [-0.2, -0.15) is 4.99 Å². The first-order valence-corrected chi connectivity index (χ1v) is 8.09. The zero-order chi connectivity index (χ0) is 13.7. The molecule has 1 aliphatic carbocycles. The lowest BCUT2D eigenvalue weighted by molar-refractivity contribution is -0.122. The summed E-state index contributed by atoms with van der Waals surface area (Å²) in [5.74, 6) is 0.960. The average Bonchev–Trinajstić information content (AvgIpc) is 2.66. The number of rotatable bonds is 0. The molecule has 1 amide bonds. The minimum Gasteiger partial charge on any atom is -0.381 e. The van der Waals surface area contributed by atoms with Crippen LogP contribution in [-0.4, -0.2) is 29.0 Å². The van der Waals surface area contributed by atoms with E-state index in [1.807, 2.05) is 0 Å². The Morgan fingerprint density at radius 1 is 1.26 bits per heavy atom. The molecule has 1 spiro atoms. The number of hydrogen-bond acceptors (Lipinski definition) is 4. The van der Waals surface area contributed by atoms with Crippen molar-refractivity contribution in [2.45, 2.75) is 56.6 Å². The molecule has 3 rings (SSSR count). The Morgan fingerprint density at radius 2 is 1.89 bits per heavy atom. The van der Waals surface area contributed by atoms with E-state index in [0.29, 0.717) is 18.4 Å². The second-order valence-electron chi connectivity index (χ2n) is 5.71. The third-order valence-corrected chi connectivity index (χ3v) is 5.37. The van der Waals surface area contributed by atoms with Crippen LogP contribution < -0.4 is 5.73 Å². The highest BCUT2D eigenvalue weighted by Crippen LogP contribution is 2.40. The van der Waals surface area contributed by atoms with Gasteiger partial charge in [-0.15, -0.1) is 0 Å². The Balaban J connectivity index is 0.000000163. The second kappa shape index (κ2) is 6.75. The SMILES string of the molecule is CC1CCCCC1.NC1=NC(=O)C2(CCOCC2)S1. The van der Waals surface area contributed by atoms with Gasteiger partial charge >= 0.3 is 0 Å². The number of carbonyl (C=O) groups is 1. The minimum atomic E-state index is -0.373. The van der Waals surface area contributed by atoms with Gasteiger partial charge in [0.05, 0.1) is 0 Å². The molecule has 0 aromatic carbocycles. The van der Waals surface area contributed by atoms with Crippen molar-refractivity contribution in [1.82, 2.24) is 0 Å². The molecule has 0 atom stereocenters. The molecule has 19 heavy (non-hydrogen) atoms. The molecular formula is C14H24N2O2S. The molecule has 0 radical (unpaired) electrons. The predicted molar refractivity (Wildman–Crippen MR) is 79.3 cm³/mol. The van der Waals surface area contributed by atoms with Crippen LogP contribution in [-0.2, 0) is 9.53 Å². The monoisotopic (exact) mass is 284 g/mol. The van der Waals surface area contributed by atoms with E-state index in [2.05, 4.69) is 11.9 Å². The average molecular weight is 284 g/mol. The molecule has 2 heterocycles. The Morgan fingerprint density at radius 3 is 2.32 bits per heavy atom. The molecule has 0 unspecified atom stereocenters. The first-order chi connectivity index (χ1) is 9.12. The van der Waals surface area contributed by atoms with Gasteiger partial charge in [-0.3, -0.25) is 4.79 Å². The van der Waals surface area contributed by atoms with E-state index in [-0.39, 0.29) is 10.7 Å². The Kier molecular flexibility index (Phi) is 5.28. The summed E-state index contributed by atoms with van der Waals surface area (Å²) in [6.07, 6.45) is 8.91. The van der Waals surface area contributed by atoms with Crippen LogP contribution in [0.25, 0.3) is 0 Å². The molecule has 2 N–H and O–H groups in total. The van der Waals surface area contributed by atoms with E-state index in [9.17, 15) is 4.79 Å². The summed E-state index contributed by atoms with van der Waals surface area (Å²) in [7, 11) is 0. The molecule has 2 fully saturated rings. The number of aliphatic imine (C=N–C) groups is 1. The van der Waals surface area contributed by atoms with Crippen molar-refractivity contribution in [2.75, 3.05) is 13.2 Å². The molecule has 5 heteroatoms. The van der Waals surface area contributed by atoms with Gasteiger partial charge in [0.1, 0.15) is 4.75 Å². The summed E-state index contributed by atoms with van der Waals surface area (Å²) in [5.41, 5.74) is 5.48. The maximum absolute atomic E-state index is 11.4. The molecule has 108 valence electrons. The van der Waals surface area contributed by atoms with E-state index in [0.717, 1.165) is 18.8 Å². The summed E-state index contributed by atoms with van der Waals surface area (Å²) in [4.78, 5) is 15.1. The van der Waals surface area contributed by atoms with Gasteiger partial charge in [0, 0.05) is 13.2 Å². The highest BCUT2D eigenvalue weighted by atomic mass is 32.2. The molecule has 2 aliphatic heterocycles. The number of amidine groups is 1. The zero-order valence-electron chi connectivity index (χ0n) is 11.7. The van der Waals surface area contributed by atoms with Crippen LogP contribution in [0.5, 0.6) is 0 Å². The summed E-state index contributed by atoms with van der Waals surface area (Å²) >= 11 is 1.40. The number of nitrogens with two attached hydrogens (primary N) is 1. The van der Waals surface area contributed by atoms with Crippen LogP contribution in [0.1, 0.15) is 51.9 Å². The topological polar surface area (TPSA) is 64.7 Å². The van der Waals surface area contributed by atoms with Crippen molar-refractivity contribution in [3.05, 3.63) is 0 Å². The molecule has 4 nitrogen and oxygen atoms in total. The molecule has 0 bridgehead atoms. The van der Waals surface area contributed by atoms with E-state index < -0.39 is 0 Å². The lowest BCUT2D eigenvalue weighted by atomic mass is 9.91. The van der Waals surface area contributed by atoms with E-state index >= 15 is 0 Å². The van der Waals surface area contributed by atoms with Gasteiger partial charge in [0.2, 0.25) is 0 Å². The number of ether oxygens (including phenoxy) is 1. The van der Waals surface area contributed by atoms with Crippen LogP contribution in [0, 0.1) is 5.92 Å². The Hall–Kier alpha value is -0.550. The largest absolute Gasteiger partial charge is 0.381 e. The van der Waals surface area contributed by atoms with Gasteiger partial charge in [0.25, 0.3) is 5.91 Å². The Bertz CT molecular complexity index is 345. The van der Waals surface area contributed by atoms with Gasteiger partial charge in [0.15, 0.2) is 5.17 Å². The predicted octanol–water partition coefficient (Wildman–Crippen LogP) is 2.71. The number of carbonyl (C=O) groups excluding carboxylic acids is 1. The molecule has 1 saturated heterocycles. The van der Waals surface area contributed by atoms with Crippen molar-refractivity contribution in [3.8, 4) is 0 Å². The molecule has 0 aromatic rings. The fourth-order valence-electron chi connectivity index (χ4n) is 2.79. The first-order valence-electron chi connectivity index (χ1n) is 7.28. The van der Waals surface area contributed by atoms with E-state index in [1.54, 1.807) is 0 Å². The van der Waals surface area contributed by atoms with Gasteiger partial charge in [-0.05, 0) is 18.8 Å². The summed E-state index contributed by atoms with van der Waals surface area (Å²) in [6.45, 7) is 3.64. The minimum absolute atomic E-state index is 0.0756. The lowest BCUT2D eigenvalue weighted by Gasteiger charge is -2.28. The number of amides is 1. The molecule has 1 saturated carbocycles. The smallest absolute Gasteiger partial charge is 0.264 e. The maximum atomic E-state index is 11.4. The van der Waals surface area contributed by atoms with Crippen molar-refractivity contribution < 1.29 is 9.53 Å². The number of thioether (sulfide) groups is 1. The summed E-state index contributed by atoms with van der Waals surface area (Å²) < 4.78 is 4.81. The van der Waals surface area contributed by atoms with Crippen LogP contribution in [0.2, 0.25) is 0 Å². The van der Waals surface area contributed by atoms with Gasteiger partial charge < -0.3 is 10.5 Å². The maximum Gasteiger partial charge on any atom is 0.264 e. The van der Waals surface area contributed by atoms with Crippen molar-refractivity contribution in [1.29, 1.82) is 0 Å². The third-order valence-electron chi connectivity index (χ3n) is 4.10. The van der Waals surface area contributed by atoms with E-state index in [1.165, 1.54) is 43.9 Å². The van der Waals surface area contributed by atoms with Crippen molar-refractivity contribution in [2.24, 2.45) is 16.6 Å². The first kappa shape index (κ1) is 14.9. The molecular weight excluding hydrogens is 260 g/mol. The van der Waals surface area contributed by atoms with Crippen LogP contribution in [0.3, 0.4) is 0 Å². The number of hydrogen-bond donors (Lipinski definition) is 1. The molecule has 0 aromatic heterocycles. The highest BCUT2D eigenvalue weighted by molar-refractivity contribution is 8.16. The second-order valence-corrected chi connectivity index (χ2v) is 7.11. The van der Waals surface area contributed by atoms with Crippen LogP contribution in [0.15, 0.2) is 4.99 Å². The fraction of sp³-hybridized carbons (Fsp3) is 0.857. The third kappa shape index (κ3) is 3.96. The number of nitrogens with zero attached hydrogens (tertiary/aromatic N) is 1. The van der Waals surface area contributed by atoms with Gasteiger partial charge in [-0.1, -0.05) is 50.8 Å². The van der Waals surface area contributed by atoms with Crippen LogP contribution in [0.4, 0.5) is 0 Å². The normalized spacial score (nSPS) is 26.8. The fourth-order valence-corrected chi connectivity index (χ4v) is 3.83. The van der Waals surface area contributed by atoms with E-state index in [4.69, 9.17) is 10.5 Å².